The third kappa shape index (κ3) is 1.67. The van der Waals surface area contributed by atoms with Gasteiger partial charge in [-0.15, -0.1) is 0 Å². The number of nitriles is 2. The zero-order valence-electron chi connectivity index (χ0n) is 17.3. The van der Waals surface area contributed by atoms with Gasteiger partial charge in [0.2, 0.25) is 0 Å². The van der Waals surface area contributed by atoms with E-state index in [0.29, 0.717) is 0 Å². The Hall–Kier alpha value is -4.14. The van der Waals surface area contributed by atoms with Gasteiger partial charge in [-0.3, -0.25) is 0 Å². The average Bonchev–Trinajstić information content (AvgIpc) is 2.85. The second kappa shape index (κ2) is 5.76. The van der Waals surface area contributed by atoms with Crippen molar-refractivity contribution in [1.29, 1.82) is 10.5 Å². The quantitative estimate of drug-likeness (QED) is 0.337. The molecule has 0 bridgehead atoms. The van der Waals surface area contributed by atoms with Crippen LogP contribution < -0.4 is 0 Å². The maximum Gasteiger partial charge on any atom is 0.100 e. The monoisotopic (exact) mass is 406 g/mol. The number of nitrogens with zero attached hydrogens (tertiary/aromatic N) is 2. The van der Waals surface area contributed by atoms with Crippen LogP contribution in [0.5, 0.6) is 0 Å². The van der Waals surface area contributed by atoms with E-state index in [9.17, 15) is 10.5 Å². The van der Waals surface area contributed by atoms with Crippen LogP contribution in [-0.4, -0.2) is 0 Å². The highest BCUT2D eigenvalue weighted by atomic mass is 14.8. The summed E-state index contributed by atoms with van der Waals surface area (Å²) in [6.07, 6.45) is 0. The molecule has 3 aliphatic carbocycles. The van der Waals surface area contributed by atoms with Crippen LogP contribution in [0.25, 0.3) is 22.3 Å². The molecule has 148 valence electrons. The summed E-state index contributed by atoms with van der Waals surface area (Å²) in [5.74, 6) is -0.453. The molecule has 32 heavy (non-hydrogen) atoms. The number of hydrogen-bond acceptors (Lipinski definition) is 2. The van der Waals surface area contributed by atoms with Crippen molar-refractivity contribution in [1.82, 2.24) is 0 Å². The van der Waals surface area contributed by atoms with E-state index in [2.05, 4.69) is 60.7 Å². The van der Waals surface area contributed by atoms with Gasteiger partial charge in [-0.05, 0) is 44.5 Å². The topological polar surface area (TPSA) is 47.6 Å². The first kappa shape index (κ1) is 17.5. The summed E-state index contributed by atoms with van der Waals surface area (Å²) in [5.41, 5.74) is 7.26. The summed E-state index contributed by atoms with van der Waals surface area (Å²) in [7, 11) is 0. The fourth-order valence-electron chi connectivity index (χ4n) is 7.08. The van der Waals surface area contributed by atoms with Crippen molar-refractivity contribution in [3.63, 3.8) is 0 Å². The minimum Gasteiger partial charge on any atom is -0.197 e. The Morgan fingerprint density at radius 2 is 0.812 bits per heavy atom. The molecule has 7 rings (SSSR count). The van der Waals surface area contributed by atoms with Crippen molar-refractivity contribution in [2.45, 2.75) is 22.7 Å². The van der Waals surface area contributed by atoms with Gasteiger partial charge in [0.05, 0.1) is 12.1 Å². The summed E-state index contributed by atoms with van der Waals surface area (Å²) < 4.78 is 0. The first-order valence-electron chi connectivity index (χ1n) is 11.0. The van der Waals surface area contributed by atoms with Crippen molar-refractivity contribution in [2.24, 2.45) is 0 Å². The Balaban J connectivity index is 1.68. The maximum absolute atomic E-state index is 10.9. The highest BCUT2D eigenvalue weighted by Gasteiger charge is 2.77. The van der Waals surface area contributed by atoms with E-state index in [1.54, 1.807) is 0 Å². The van der Waals surface area contributed by atoms with E-state index in [0.717, 1.165) is 44.5 Å². The fraction of sp³-hybridized carbons (Fsp3) is 0.133. The molecule has 4 aromatic rings. The molecule has 2 nitrogen and oxygen atoms in total. The van der Waals surface area contributed by atoms with Gasteiger partial charge in [-0.25, -0.2) is 0 Å². The zero-order chi connectivity index (χ0) is 21.5. The largest absolute Gasteiger partial charge is 0.197 e. The van der Waals surface area contributed by atoms with Gasteiger partial charge in [0.15, 0.2) is 0 Å². The Morgan fingerprint density at radius 1 is 0.469 bits per heavy atom. The lowest BCUT2D eigenvalue weighted by atomic mass is 9.30. The Bertz CT molecular complexity index is 1410. The summed E-state index contributed by atoms with van der Waals surface area (Å²) in [5, 5.41) is 21.8. The molecule has 0 aromatic heterocycles. The van der Waals surface area contributed by atoms with Gasteiger partial charge in [-0.2, -0.15) is 10.5 Å². The van der Waals surface area contributed by atoms with Gasteiger partial charge < -0.3 is 0 Å². The van der Waals surface area contributed by atoms with Crippen molar-refractivity contribution in [2.75, 3.05) is 0 Å². The predicted molar refractivity (Wildman–Crippen MR) is 124 cm³/mol. The first-order chi connectivity index (χ1) is 15.8. The van der Waals surface area contributed by atoms with Crippen molar-refractivity contribution in [3.8, 4) is 34.4 Å². The highest BCUT2D eigenvalue weighted by molar-refractivity contribution is 5.88. The minimum absolute atomic E-state index is 0.226. The third-order valence-corrected chi connectivity index (χ3v) is 8.06. The summed E-state index contributed by atoms with van der Waals surface area (Å²) in [6, 6.07) is 38.9. The van der Waals surface area contributed by atoms with Crippen molar-refractivity contribution in [3.05, 3.63) is 119 Å². The second-order valence-electron chi connectivity index (χ2n) is 9.09. The SMILES string of the molecule is N#CC12c3ccccc3-c3ccccc3C1C1(C#N)c3ccccc3-c3ccccc3C21. The van der Waals surface area contributed by atoms with Crippen LogP contribution in [0, 0.1) is 22.7 Å². The molecule has 0 heterocycles. The van der Waals surface area contributed by atoms with Crippen molar-refractivity contribution < 1.29 is 0 Å². The van der Waals surface area contributed by atoms with Gasteiger partial charge in [0.25, 0.3) is 0 Å². The molecule has 1 fully saturated rings. The molecule has 0 N–H and O–H groups in total. The van der Waals surface area contributed by atoms with E-state index in [1.807, 2.05) is 48.5 Å². The van der Waals surface area contributed by atoms with E-state index in [-0.39, 0.29) is 11.8 Å². The second-order valence-corrected chi connectivity index (χ2v) is 9.09. The smallest absolute Gasteiger partial charge is 0.100 e. The summed E-state index contributed by atoms with van der Waals surface area (Å²) in [4.78, 5) is 0. The van der Waals surface area contributed by atoms with Crippen LogP contribution in [0.2, 0.25) is 0 Å². The molecular formula is C30H18N2. The van der Waals surface area contributed by atoms with Crippen LogP contribution >= 0.6 is 0 Å². The van der Waals surface area contributed by atoms with Crippen LogP contribution in [0.3, 0.4) is 0 Å². The van der Waals surface area contributed by atoms with E-state index < -0.39 is 10.8 Å². The predicted octanol–water partition coefficient (Wildman–Crippen LogP) is 6.45. The third-order valence-electron chi connectivity index (χ3n) is 8.06. The molecule has 0 atom stereocenters. The van der Waals surface area contributed by atoms with Gasteiger partial charge in [-0.1, -0.05) is 97.1 Å². The van der Waals surface area contributed by atoms with Crippen molar-refractivity contribution >= 4 is 0 Å². The van der Waals surface area contributed by atoms with Crippen LogP contribution in [-0.2, 0) is 10.8 Å². The van der Waals surface area contributed by atoms with Gasteiger partial charge >= 0.3 is 0 Å². The molecule has 1 saturated carbocycles. The van der Waals surface area contributed by atoms with Crippen LogP contribution in [0.4, 0.5) is 0 Å². The Labute approximate surface area is 187 Å². The highest BCUT2D eigenvalue weighted by Crippen LogP contribution is 2.78. The summed E-state index contributed by atoms with van der Waals surface area (Å²) >= 11 is 0. The zero-order valence-corrected chi connectivity index (χ0v) is 17.3. The molecule has 0 radical (unpaired) electrons. The van der Waals surface area contributed by atoms with Gasteiger partial charge in [0, 0.05) is 11.8 Å². The van der Waals surface area contributed by atoms with Crippen LogP contribution in [0.15, 0.2) is 97.1 Å². The van der Waals surface area contributed by atoms with E-state index >= 15 is 0 Å². The van der Waals surface area contributed by atoms with E-state index in [4.69, 9.17) is 0 Å². The lowest BCUT2D eigenvalue weighted by Gasteiger charge is -2.67. The fourth-order valence-corrected chi connectivity index (χ4v) is 7.08. The molecular weight excluding hydrogens is 388 g/mol. The maximum atomic E-state index is 10.9. The first-order valence-corrected chi connectivity index (χ1v) is 11.0. The van der Waals surface area contributed by atoms with E-state index in [1.165, 1.54) is 0 Å². The Morgan fingerprint density at radius 3 is 1.22 bits per heavy atom. The number of benzene rings is 4. The van der Waals surface area contributed by atoms with Crippen LogP contribution in [0.1, 0.15) is 34.1 Å². The molecule has 3 aliphatic rings. The molecule has 0 amide bonds. The lowest BCUT2D eigenvalue weighted by molar-refractivity contribution is 0.0957. The summed E-state index contributed by atoms with van der Waals surface area (Å²) in [6.45, 7) is 0. The van der Waals surface area contributed by atoms with Gasteiger partial charge in [0.1, 0.15) is 10.8 Å². The minimum atomic E-state index is -0.787. The molecule has 0 aliphatic heterocycles. The number of rotatable bonds is 0. The molecule has 0 spiro atoms. The molecule has 0 unspecified atom stereocenters. The Kier molecular flexibility index (Phi) is 3.15. The average molecular weight is 406 g/mol. The number of hydrogen-bond donors (Lipinski definition) is 0. The number of fused-ring (bicyclic) bond motifs is 14. The standard InChI is InChI=1S/C30H18N2/c31-17-29-25-15-7-5-11-21(25)19-9-1-3-13-23(19)27(29)30(18-32)26-16-8-6-12-22(26)20-10-2-4-14-24(20)28(29)30/h1-16,27-28H. The molecule has 4 aromatic carbocycles. The molecule has 2 heteroatoms. The normalized spacial score (nSPS) is 27.6. The lowest BCUT2D eigenvalue weighted by Crippen LogP contribution is -2.67. The molecule has 0 saturated heterocycles.